The Morgan fingerprint density at radius 2 is 2.04 bits per heavy atom. The normalized spacial score (nSPS) is 16.6. The minimum atomic E-state index is -0.957. The second-order valence-corrected chi connectivity index (χ2v) is 6.22. The lowest BCUT2D eigenvalue weighted by Gasteiger charge is -2.33. The molecule has 1 fully saturated rings. The number of amides is 1. The molecule has 0 aliphatic carbocycles. The molecule has 148 valence electrons. The van der Waals surface area contributed by atoms with Crippen molar-refractivity contribution in [1.82, 2.24) is 4.90 Å². The third-order valence-corrected chi connectivity index (χ3v) is 4.45. The third-order valence-electron chi connectivity index (χ3n) is 4.45. The molecule has 9 nitrogen and oxygen atoms in total. The van der Waals surface area contributed by atoms with Crippen LogP contribution in [0, 0.1) is 10.1 Å². The predicted octanol–water partition coefficient (Wildman–Crippen LogP) is 2.56. The van der Waals surface area contributed by atoms with E-state index in [1.165, 1.54) is 13.2 Å². The predicted molar refractivity (Wildman–Crippen MR) is 96.1 cm³/mol. The third kappa shape index (κ3) is 4.87. The average Bonchev–Trinajstić information content (AvgIpc) is 2.66. The molecule has 1 aromatic rings. The van der Waals surface area contributed by atoms with Crippen molar-refractivity contribution in [2.75, 3.05) is 26.9 Å². The molecule has 1 atom stereocenters. The van der Waals surface area contributed by atoms with E-state index in [4.69, 9.17) is 14.2 Å². The number of benzene rings is 1. The van der Waals surface area contributed by atoms with Crippen LogP contribution in [0.25, 0.3) is 0 Å². The zero-order valence-electron chi connectivity index (χ0n) is 15.7. The summed E-state index contributed by atoms with van der Waals surface area (Å²) in [6.45, 7) is 4.10. The Labute approximate surface area is 157 Å². The van der Waals surface area contributed by atoms with Crippen LogP contribution < -0.4 is 9.47 Å². The molecule has 9 heteroatoms. The number of nitro groups is 1. The van der Waals surface area contributed by atoms with E-state index in [-0.39, 0.29) is 35.6 Å². The molecule has 1 heterocycles. The van der Waals surface area contributed by atoms with Gasteiger partial charge in [0.1, 0.15) is 5.56 Å². The van der Waals surface area contributed by atoms with Crippen LogP contribution in [0.4, 0.5) is 5.69 Å². The summed E-state index contributed by atoms with van der Waals surface area (Å²) in [6, 6.07) is 2.40. The standard InChI is InChI=1S/C18H24N2O7/c1-4-26-16-10-14(20(23)24)13(9-15(16)25-3)18(22)27-11-17(21)19-8-6-5-7-12(19)2/h9-10,12H,4-8,11H2,1-3H3/t12-/m0/s1. The SMILES string of the molecule is CCOc1cc([N+](=O)[O-])c(C(=O)OCC(=O)N2CCCC[C@@H]2C)cc1OC. The molecule has 0 bridgehead atoms. The summed E-state index contributed by atoms with van der Waals surface area (Å²) in [5.41, 5.74) is -0.761. The summed E-state index contributed by atoms with van der Waals surface area (Å²) in [5.74, 6) is -0.941. The minimum Gasteiger partial charge on any atom is -0.493 e. The minimum absolute atomic E-state index is 0.0878. The van der Waals surface area contributed by atoms with Gasteiger partial charge in [-0.2, -0.15) is 0 Å². The highest BCUT2D eigenvalue weighted by atomic mass is 16.6. The summed E-state index contributed by atoms with van der Waals surface area (Å²) in [5, 5.41) is 11.3. The molecular weight excluding hydrogens is 356 g/mol. The number of hydrogen-bond donors (Lipinski definition) is 0. The maximum Gasteiger partial charge on any atom is 0.345 e. The number of nitrogens with zero attached hydrogens (tertiary/aromatic N) is 2. The molecule has 27 heavy (non-hydrogen) atoms. The highest BCUT2D eigenvalue weighted by molar-refractivity contribution is 5.96. The molecule has 0 saturated carbocycles. The summed E-state index contributed by atoms with van der Waals surface area (Å²) in [4.78, 5) is 37.0. The maximum atomic E-state index is 12.4. The molecule has 0 N–H and O–H groups in total. The van der Waals surface area contributed by atoms with Crippen molar-refractivity contribution in [3.8, 4) is 11.5 Å². The van der Waals surface area contributed by atoms with Crippen LogP contribution in [-0.4, -0.2) is 54.6 Å². The van der Waals surface area contributed by atoms with Gasteiger partial charge in [0.05, 0.1) is 24.7 Å². The van der Waals surface area contributed by atoms with Gasteiger partial charge < -0.3 is 19.1 Å². The number of esters is 1. The highest BCUT2D eigenvalue weighted by Gasteiger charge is 2.28. The molecule has 0 aromatic heterocycles. The molecule has 1 saturated heterocycles. The van der Waals surface area contributed by atoms with E-state index >= 15 is 0 Å². The Bertz CT molecular complexity index is 720. The van der Waals surface area contributed by atoms with Crippen LogP contribution in [0.5, 0.6) is 11.5 Å². The second kappa shape index (κ2) is 9.20. The number of nitro benzene ring substituents is 1. The van der Waals surface area contributed by atoms with E-state index in [0.717, 1.165) is 25.3 Å². The summed E-state index contributed by atoms with van der Waals surface area (Å²) < 4.78 is 15.5. The van der Waals surface area contributed by atoms with Crippen molar-refractivity contribution < 1.29 is 28.7 Å². The summed E-state index contributed by atoms with van der Waals surface area (Å²) in [7, 11) is 1.36. The van der Waals surface area contributed by atoms with Crippen LogP contribution in [0.1, 0.15) is 43.5 Å². The maximum absolute atomic E-state index is 12.4. The number of rotatable bonds is 7. The van der Waals surface area contributed by atoms with E-state index in [2.05, 4.69) is 0 Å². The van der Waals surface area contributed by atoms with Crippen molar-refractivity contribution >= 4 is 17.6 Å². The van der Waals surface area contributed by atoms with Crippen LogP contribution in [0.15, 0.2) is 12.1 Å². The smallest absolute Gasteiger partial charge is 0.345 e. The Balaban J connectivity index is 2.16. The fraction of sp³-hybridized carbons (Fsp3) is 0.556. The Hall–Kier alpha value is -2.84. The first kappa shape index (κ1) is 20.5. The molecule has 2 rings (SSSR count). The quantitative estimate of drug-likeness (QED) is 0.406. The molecule has 0 unspecified atom stereocenters. The van der Waals surface area contributed by atoms with Gasteiger partial charge in [-0.15, -0.1) is 0 Å². The molecule has 1 amide bonds. The van der Waals surface area contributed by atoms with E-state index < -0.39 is 23.2 Å². The number of carbonyl (C=O) groups is 2. The van der Waals surface area contributed by atoms with Crippen LogP contribution >= 0.6 is 0 Å². The Morgan fingerprint density at radius 1 is 1.30 bits per heavy atom. The first-order valence-corrected chi connectivity index (χ1v) is 8.84. The first-order valence-electron chi connectivity index (χ1n) is 8.84. The second-order valence-electron chi connectivity index (χ2n) is 6.22. The lowest BCUT2D eigenvalue weighted by molar-refractivity contribution is -0.385. The molecule has 1 aliphatic heterocycles. The van der Waals surface area contributed by atoms with Crippen LogP contribution in [0.2, 0.25) is 0 Å². The Morgan fingerprint density at radius 3 is 2.63 bits per heavy atom. The largest absolute Gasteiger partial charge is 0.493 e. The fourth-order valence-electron chi connectivity index (χ4n) is 3.05. The van der Waals surface area contributed by atoms with Crippen molar-refractivity contribution in [1.29, 1.82) is 0 Å². The number of carbonyl (C=O) groups excluding carboxylic acids is 2. The zero-order chi connectivity index (χ0) is 20.0. The molecule has 0 spiro atoms. The van der Waals surface area contributed by atoms with E-state index in [9.17, 15) is 19.7 Å². The van der Waals surface area contributed by atoms with Gasteiger partial charge in [0.15, 0.2) is 18.1 Å². The zero-order valence-corrected chi connectivity index (χ0v) is 15.7. The Kier molecular flexibility index (Phi) is 6.98. The van der Waals surface area contributed by atoms with Crippen LogP contribution in [0.3, 0.4) is 0 Å². The van der Waals surface area contributed by atoms with Crippen molar-refractivity contribution in [2.45, 2.75) is 39.2 Å². The summed E-state index contributed by atoms with van der Waals surface area (Å²) in [6.07, 6.45) is 2.87. The molecule has 1 aromatic carbocycles. The van der Waals surface area contributed by atoms with Gasteiger partial charge >= 0.3 is 5.97 Å². The summed E-state index contributed by atoms with van der Waals surface area (Å²) >= 11 is 0. The van der Waals surface area contributed by atoms with Crippen molar-refractivity contribution in [3.05, 3.63) is 27.8 Å². The number of piperidine rings is 1. The molecular formula is C18H24N2O7. The van der Waals surface area contributed by atoms with Gasteiger partial charge in [-0.05, 0) is 33.1 Å². The van der Waals surface area contributed by atoms with Gasteiger partial charge in [-0.3, -0.25) is 14.9 Å². The van der Waals surface area contributed by atoms with Gasteiger partial charge in [0, 0.05) is 18.7 Å². The fourth-order valence-corrected chi connectivity index (χ4v) is 3.05. The topological polar surface area (TPSA) is 108 Å². The lowest BCUT2D eigenvalue weighted by atomic mass is 10.0. The van der Waals surface area contributed by atoms with Crippen molar-refractivity contribution in [2.24, 2.45) is 0 Å². The molecule has 1 aliphatic rings. The van der Waals surface area contributed by atoms with E-state index in [1.54, 1.807) is 11.8 Å². The van der Waals surface area contributed by atoms with E-state index in [1.807, 2.05) is 6.92 Å². The van der Waals surface area contributed by atoms with Crippen LogP contribution in [-0.2, 0) is 9.53 Å². The first-order chi connectivity index (χ1) is 12.9. The number of ether oxygens (including phenoxy) is 3. The van der Waals surface area contributed by atoms with Gasteiger partial charge in [0.25, 0.3) is 11.6 Å². The number of methoxy groups -OCH3 is 1. The average molecular weight is 380 g/mol. The highest BCUT2D eigenvalue weighted by Crippen LogP contribution is 2.35. The number of likely N-dealkylation sites (tertiary alicyclic amines) is 1. The molecule has 0 radical (unpaired) electrons. The van der Waals surface area contributed by atoms with E-state index in [0.29, 0.717) is 6.54 Å². The van der Waals surface area contributed by atoms with Gasteiger partial charge in [-0.25, -0.2) is 4.79 Å². The van der Waals surface area contributed by atoms with Gasteiger partial charge in [-0.1, -0.05) is 0 Å². The monoisotopic (exact) mass is 380 g/mol. The lowest BCUT2D eigenvalue weighted by Crippen LogP contribution is -2.44. The van der Waals surface area contributed by atoms with Gasteiger partial charge in [0.2, 0.25) is 0 Å². The van der Waals surface area contributed by atoms with Crippen molar-refractivity contribution in [3.63, 3.8) is 0 Å². The number of hydrogen-bond acceptors (Lipinski definition) is 7.